The fraction of sp³-hybridized carbons (Fsp3) is 0.231. The fourth-order valence-corrected chi connectivity index (χ4v) is 1.94. The molecule has 1 heterocycles. The van der Waals surface area contributed by atoms with Gasteiger partial charge in [0, 0.05) is 6.07 Å². The van der Waals surface area contributed by atoms with E-state index in [0.717, 1.165) is 6.07 Å². The van der Waals surface area contributed by atoms with Gasteiger partial charge in [-0.3, -0.25) is 0 Å². The van der Waals surface area contributed by atoms with Crippen molar-refractivity contribution in [1.82, 2.24) is 0 Å². The number of furan rings is 1. The lowest BCUT2D eigenvalue weighted by atomic mass is 10.2. The largest absolute Gasteiger partial charge is 0.452 e. The van der Waals surface area contributed by atoms with Crippen LogP contribution in [-0.2, 0) is 0 Å². The highest BCUT2D eigenvalue weighted by atomic mass is 79.9. The van der Waals surface area contributed by atoms with Crippen LogP contribution in [0.1, 0.15) is 24.3 Å². The fourth-order valence-electron chi connectivity index (χ4n) is 1.62. The zero-order chi connectivity index (χ0) is 13.3. The van der Waals surface area contributed by atoms with Gasteiger partial charge in [-0.1, -0.05) is 0 Å². The summed E-state index contributed by atoms with van der Waals surface area (Å²) in [6, 6.07) is 5.58. The van der Waals surface area contributed by atoms with Crippen molar-refractivity contribution in [3.05, 3.63) is 51.9 Å². The molecule has 1 aromatic heterocycles. The minimum absolute atomic E-state index is 0.123. The Morgan fingerprint density at radius 1 is 1.22 bits per heavy atom. The van der Waals surface area contributed by atoms with Crippen LogP contribution in [0.2, 0.25) is 0 Å². The molecular formula is C13H12BrF2NO. The molecule has 1 aromatic carbocycles. The van der Waals surface area contributed by atoms with Gasteiger partial charge in [0.1, 0.15) is 17.4 Å². The monoisotopic (exact) mass is 315 g/mol. The van der Waals surface area contributed by atoms with Gasteiger partial charge in [0.2, 0.25) is 0 Å². The molecule has 0 fully saturated rings. The van der Waals surface area contributed by atoms with Gasteiger partial charge in [-0.05, 0) is 53.5 Å². The number of hydrogen-bond acceptors (Lipinski definition) is 2. The highest BCUT2D eigenvalue weighted by Gasteiger charge is 2.13. The molecule has 2 nitrogen and oxygen atoms in total. The normalized spacial score (nSPS) is 12.5. The average Bonchev–Trinajstić information content (AvgIpc) is 2.73. The van der Waals surface area contributed by atoms with Crippen molar-refractivity contribution >= 4 is 21.6 Å². The molecule has 0 amide bonds. The van der Waals surface area contributed by atoms with Gasteiger partial charge in [0.15, 0.2) is 4.67 Å². The van der Waals surface area contributed by atoms with Crippen molar-refractivity contribution in [2.24, 2.45) is 0 Å². The summed E-state index contributed by atoms with van der Waals surface area (Å²) in [7, 11) is 0. The number of rotatable bonds is 3. The molecule has 0 radical (unpaired) electrons. The molecule has 18 heavy (non-hydrogen) atoms. The Kier molecular flexibility index (Phi) is 3.71. The van der Waals surface area contributed by atoms with Gasteiger partial charge < -0.3 is 9.73 Å². The molecule has 1 atom stereocenters. The topological polar surface area (TPSA) is 25.2 Å². The third kappa shape index (κ3) is 2.72. The molecule has 1 unspecified atom stereocenters. The zero-order valence-corrected chi connectivity index (χ0v) is 11.5. The first-order valence-corrected chi connectivity index (χ1v) is 6.24. The maximum Gasteiger partial charge on any atom is 0.169 e. The van der Waals surface area contributed by atoms with Gasteiger partial charge in [0.05, 0.1) is 11.7 Å². The summed E-state index contributed by atoms with van der Waals surface area (Å²) in [5.74, 6) is -0.277. The van der Waals surface area contributed by atoms with E-state index in [9.17, 15) is 8.78 Å². The molecule has 0 spiro atoms. The Bertz CT molecular complexity index is 568. The van der Waals surface area contributed by atoms with Gasteiger partial charge in [-0.25, -0.2) is 8.78 Å². The van der Waals surface area contributed by atoms with E-state index in [1.165, 1.54) is 13.0 Å². The lowest BCUT2D eigenvalue weighted by Crippen LogP contribution is -2.07. The molecule has 2 rings (SSSR count). The van der Waals surface area contributed by atoms with Crippen molar-refractivity contribution in [2.45, 2.75) is 19.9 Å². The molecule has 0 aliphatic rings. The smallest absolute Gasteiger partial charge is 0.169 e. The van der Waals surface area contributed by atoms with Crippen LogP contribution < -0.4 is 5.32 Å². The van der Waals surface area contributed by atoms with Crippen LogP contribution in [0, 0.1) is 18.6 Å². The molecule has 0 saturated heterocycles. The summed E-state index contributed by atoms with van der Waals surface area (Å²) >= 11 is 3.19. The first kappa shape index (κ1) is 13.1. The minimum atomic E-state index is -0.480. The van der Waals surface area contributed by atoms with Crippen molar-refractivity contribution < 1.29 is 13.2 Å². The maximum absolute atomic E-state index is 13.6. The summed E-state index contributed by atoms with van der Waals surface area (Å²) < 4.78 is 33.0. The van der Waals surface area contributed by atoms with Gasteiger partial charge in [-0.2, -0.15) is 0 Å². The maximum atomic E-state index is 13.6. The molecule has 0 aliphatic carbocycles. The number of halogens is 3. The average molecular weight is 316 g/mol. The lowest BCUT2D eigenvalue weighted by Gasteiger charge is -2.14. The van der Waals surface area contributed by atoms with E-state index in [0.29, 0.717) is 10.4 Å². The number of aryl methyl sites for hydroxylation is 1. The van der Waals surface area contributed by atoms with E-state index >= 15 is 0 Å². The summed E-state index contributed by atoms with van der Waals surface area (Å²) in [5, 5.41) is 2.88. The molecular weight excluding hydrogens is 304 g/mol. The Balaban J connectivity index is 2.21. The summed E-state index contributed by atoms with van der Waals surface area (Å²) in [6.07, 6.45) is 0. The molecule has 0 aliphatic heterocycles. The van der Waals surface area contributed by atoms with Crippen LogP contribution in [0.4, 0.5) is 14.5 Å². The zero-order valence-electron chi connectivity index (χ0n) is 9.93. The lowest BCUT2D eigenvalue weighted by molar-refractivity contribution is 0.470. The van der Waals surface area contributed by atoms with Crippen molar-refractivity contribution in [1.29, 1.82) is 0 Å². The summed E-state index contributed by atoms with van der Waals surface area (Å²) in [5.41, 5.74) is 0.407. The Morgan fingerprint density at radius 3 is 2.56 bits per heavy atom. The summed E-state index contributed by atoms with van der Waals surface area (Å²) in [4.78, 5) is 0. The predicted octanol–water partition coefficient (Wildman–Crippen LogP) is 4.80. The SMILES string of the molecule is Cc1cc(F)c(NC(C)c2ccc(Br)o2)cc1F. The van der Waals surface area contributed by atoms with E-state index in [1.807, 2.05) is 6.92 Å². The highest BCUT2D eigenvalue weighted by Crippen LogP contribution is 2.26. The first-order valence-electron chi connectivity index (χ1n) is 5.45. The summed E-state index contributed by atoms with van der Waals surface area (Å²) in [6.45, 7) is 3.33. The van der Waals surface area contributed by atoms with E-state index in [4.69, 9.17) is 4.42 Å². The van der Waals surface area contributed by atoms with Gasteiger partial charge >= 0.3 is 0 Å². The van der Waals surface area contributed by atoms with Crippen molar-refractivity contribution in [3.8, 4) is 0 Å². The van der Waals surface area contributed by atoms with E-state index in [1.54, 1.807) is 12.1 Å². The number of benzene rings is 1. The second-order valence-electron chi connectivity index (χ2n) is 4.09. The third-order valence-electron chi connectivity index (χ3n) is 2.64. The Morgan fingerprint density at radius 2 is 1.94 bits per heavy atom. The number of hydrogen-bond donors (Lipinski definition) is 1. The molecule has 0 bridgehead atoms. The predicted molar refractivity (Wildman–Crippen MR) is 69.5 cm³/mol. The first-order chi connectivity index (χ1) is 8.47. The standard InChI is InChI=1S/C13H12BrF2NO/c1-7-5-10(16)11(6-9(7)15)17-8(2)12-3-4-13(14)18-12/h3-6,8,17H,1-2H3. The van der Waals surface area contributed by atoms with Crippen LogP contribution in [0.5, 0.6) is 0 Å². The van der Waals surface area contributed by atoms with Crippen molar-refractivity contribution in [2.75, 3.05) is 5.32 Å². The molecule has 0 saturated carbocycles. The third-order valence-corrected chi connectivity index (χ3v) is 3.07. The highest BCUT2D eigenvalue weighted by molar-refractivity contribution is 9.10. The molecule has 96 valence electrons. The van der Waals surface area contributed by atoms with E-state index < -0.39 is 11.6 Å². The Hall–Kier alpha value is -1.36. The second kappa shape index (κ2) is 5.10. The van der Waals surface area contributed by atoms with Gasteiger partial charge in [-0.15, -0.1) is 0 Å². The van der Waals surface area contributed by atoms with Crippen LogP contribution >= 0.6 is 15.9 Å². The van der Waals surface area contributed by atoms with Crippen LogP contribution in [0.25, 0.3) is 0 Å². The number of nitrogens with one attached hydrogen (secondary N) is 1. The van der Waals surface area contributed by atoms with Crippen LogP contribution in [0.15, 0.2) is 33.4 Å². The van der Waals surface area contributed by atoms with Crippen LogP contribution in [-0.4, -0.2) is 0 Å². The van der Waals surface area contributed by atoms with Crippen molar-refractivity contribution in [3.63, 3.8) is 0 Å². The minimum Gasteiger partial charge on any atom is -0.452 e. The molecule has 2 aromatic rings. The van der Waals surface area contributed by atoms with E-state index in [-0.39, 0.29) is 17.3 Å². The number of anilines is 1. The van der Waals surface area contributed by atoms with Crippen LogP contribution in [0.3, 0.4) is 0 Å². The molecule has 1 N–H and O–H groups in total. The quantitative estimate of drug-likeness (QED) is 0.880. The molecule has 5 heteroatoms. The van der Waals surface area contributed by atoms with E-state index in [2.05, 4.69) is 21.2 Å². The Labute approximate surface area is 112 Å². The second-order valence-corrected chi connectivity index (χ2v) is 4.87. The van der Waals surface area contributed by atoms with Gasteiger partial charge in [0.25, 0.3) is 0 Å².